The lowest BCUT2D eigenvalue weighted by Gasteiger charge is -2.39. The van der Waals surface area contributed by atoms with Gasteiger partial charge in [-0.1, -0.05) is 24.8 Å². The highest BCUT2D eigenvalue weighted by atomic mass is 16.7. The fourth-order valence-corrected chi connectivity index (χ4v) is 4.63. The van der Waals surface area contributed by atoms with Gasteiger partial charge < -0.3 is 23.7 Å². The van der Waals surface area contributed by atoms with Crippen LogP contribution < -0.4 is 0 Å². The van der Waals surface area contributed by atoms with E-state index in [0.717, 1.165) is 0 Å². The first-order valence-corrected chi connectivity index (χ1v) is 13.2. The molecule has 1 saturated carbocycles. The highest BCUT2D eigenvalue weighted by Crippen LogP contribution is 2.52. The summed E-state index contributed by atoms with van der Waals surface area (Å²) in [4.78, 5) is 52.3. The average molecular weight is 545 g/mol. The molecule has 1 aliphatic carbocycles. The zero-order chi connectivity index (χ0) is 29.4. The second kappa shape index (κ2) is 11.2. The van der Waals surface area contributed by atoms with E-state index in [1.54, 1.807) is 66.7 Å². The fraction of sp³-hybridized carbons (Fsp3) is 0.600. The van der Waals surface area contributed by atoms with Gasteiger partial charge in [0.1, 0.15) is 18.3 Å². The predicted octanol–water partition coefficient (Wildman–Crippen LogP) is 4.10. The first-order chi connectivity index (χ1) is 18.1. The van der Waals surface area contributed by atoms with Gasteiger partial charge in [0.2, 0.25) is 5.78 Å². The summed E-state index contributed by atoms with van der Waals surface area (Å²) in [5, 5.41) is 0. The van der Waals surface area contributed by atoms with Crippen LogP contribution in [0.15, 0.2) is 47.1 Å². The van der Waals surface area contributed by atoms with Crippen molar-refractivity contribution in [2.24, 2.45) is 5.92 Å². The van der Waals surface area contributed by atoms with Gasteiger partial charge in [0.15, 0.2) is 11.7 Å². The van der Waals surface area contributed by atoms with E-state index in [2.05, 4.69) is 6.58 Å². The van der Waals surface area contributed by atoms with Crippen LogP contribution in [0.2, 0.25) is 0 Å². The van der Waals surface area contributed by atoms with Crippen molar-refractivity contribution in [1.29, 1.82) is 0 Å². The Kier molecular flexibility index (Phi) is 8.77. The predicted molar refractivity (Wildman–Crippen MR) is 142 cm³/mol. The number of allylic oxidation sites excluding steroid dienone is 3. The van der Waals surface area contributed by atoms with Crippen LogP contribution in [-0.4, -0.2) is 65.4 Å². The first-order valence-electron chi connectivity index (χ1n) is 13.2. The quantitative estimate of drug-likeness (QED) is 0.132. The average Bonchev–Trinajstić information content (AvgIpc) is 3.77. The molecule has 0 aromatic rings. The molecule has 2 heterocycles. The Hall–Kier alpha value is -3.04. The van der Waals surface area contributed by atoms with Crippen molar-refractivity contribution in [3.05, 3.63) is 47.1 Å². The van der Waals surface area contributed by atoms with Crippen molar-refractivity contribution in [3.8, 4) is 0 Å². The van der Waals surface area contributed by atoms with Gasteiger partial charge in [-0.3, -0.25) is 4.79 Å². The second-order valence-corrected chi connectivity index (χ2v) is 11.1. The maximum absolute atomic E-state index is 13.7. The monoisotopic (exact) mass is 544 g/mol. The van der Waals surface area contributed by atoms with E-state index >= 15 is 0 Å². The number of epoxide rings is 2. The third kappa shape index (κ3) is 6.09. The van der Waals surface area contributed by atoms with E-state index in [9.17, 15) is 19.2 Å². The largest absolute Gasteiger partial charge is 0.455 e. The Bertz CT molecular complexity index is 1160. The molecular weight excluding hydrogens is 504 g/mol. The maximum Gasteiger partial charge on any atom is 0.334 e. The van der Waals surface area contributed by atoms with Crippen LogP contribution in [0.5, 0.6) is 0 Å². The number of carbonyl (C=O) groups is 4. The number of hydrogen-bond donors (Lipinski definition) is 0. The highest BCUT2D eigenvalue weighted by molar-refractivity contribution is 5.99. The molecular formula is C30H40O9. The van der Waals surface area contributed by atoms with Gasteiger partial charge in [-0.2, -0.15) is 0 Å². The number of ether oxygens (including phenoxy) is 5. The number of fused-ring (bicyclic) bond motifs is 1. The third-order valence-electron chi connectivity index (χ3n) is 8.01. The molecule has 0 radical (unpaired) electrons. The Balaban J connectivity index is 2.06. The molecule has 9 nitrogen and oxygen atoms in total. The number of carbonyl (C=O) groups excluding carboxylic acids is 4. The van der Waals surface area contributed by atoms with E-state index in [4.69, 9.17) is 23.7 Å². The standard InChI is InChI=1S/C30H40O9/c1-11-15(4)26(32)35-19(14-20-29(8,9)38-20)18(7)21-22(36-27(33)16(5)12-2)24(31)30(10)25(39-30)23(21)37-28(34)17(6)13-3/h11-13,19-23,25H,7,14H2,1-6,8-10H3/b15-11-,16-12-,17-13-/t19?,20?,21-,22-,23+,25-,30+/m1/s1. The molecule has 214 valence electrons. The SMILES string of the molecule is C=C(C(CC1OC1(C)C)OC(=O)/C(C)=C\C)[C@H]1[C@H](OC(=O)/C(C)=C\C)[C@H]2O[C@@]2(C)C(=O)[C@@H]1OC(=O)/C(C)=C\C. The first kappa shape index (κ1) is 30.5. The van der Waals surface area contributed by atoms with Gasteiger partial charge in [-0.25, -0.2) is 14.4 Å². The van der Waals surface area contributed by atoms with Crippen LogP contribution >= 0.6 is 0 Å². The van der Waals surface area contributed by atoms with Crippen LogP contribution in [0.4, 0.5) is 0 Å². The molecule has 0 bridgehead atoms. The van der Waals surface area contributed by atoms with Gasteiger partial charge in [-0.15, -0.1) is 0 Å². The summed E-state index contributed by atoms with van der Waals surface area (Å²) < 4.78 is 29.1. The molecule has 9 heteroatoms. The number of esters is 3. The molecule has 0 aromatic heterocycles. The summed E-state index contributed by atoms with van der Waals surface area (Å²) in [5.41, 5.74) is -0.400. The number of hydrogen-bond acceptors (Lipinski definition) is 9. The number of rotatable bonds is 10. The minimum Gasteiger partial charge on any atom is -0.455 e. The minimum absolute atomic E-state index is 0.239. The summed E-state index contributed by atoms with van der Waals surface area (Å²) in [7, 11) is 0. The van der Waals surface area contributed by atoms with Gasteiger partial charge in [0.05, 0.1) is 17.6 Å². The Morgan fingerprint density at radius 1 is 0.897 bits per heavy atom. The summed E-state index contributed by atoms with van der Waals surface area (Å²) in [6.07, 6.45) is 0.713. The van der Waals surface area contributed by atoms with Gasteiger partial charge in [-0.05, 0) is 67.9 Å². The zero-order valence-electron chi connectivity index (χ0n) is 24.3. The van der Waals surface area contributed by atoms with E-state index in [1.807, 2.05) is 13.8 Å². The maximum atomic E-state index is 13.7. The normalized spacial score (nSPS) is 32.5. The van der Waals surface area contributed by atoms with E-state index < -0.39 is 65.2 Å². The molecule has 2 unspecified atom stereocenters. The van der Waals surface area contributed by atoms with Crippen molar-refractivity contribution < 1.29 is 42.9 Å². The van der Waals surface area contributed by atoms with Crippen molar-refractivity contribution in [2.75, 3.05) is 0 Å². The lowest BCUT2D eigenvalue weighted by Crippen LogP contribution is -2.56. The van der Waals surface area contributed by atoms with Crippen LogP contribution in [0.1, 0.15) is 68.7 Å². The van der Waals surface area contributed by atoms with Crippen molar-refractivity contribution in [1.82, 2.24) is 0 Å². The van der Waals surface area contributed by atoms with Crippen molar-refractivity contribution >= 4 is 23.7 Å². The molecule has 0 spiro atoms. The van der Waals surface area contributed by atoms with Crippen LogP contribution in [-0.2, 0) is 42.9 Å². The number of ketones is 1. The summed E-state index contributed by atoms with van der Waals surface area (Å²) in [6.45, 7) is 19.6. The molecule has 3 aliphatic rings. The third-order valence-corrected chi connectivity index (χ3v) is 8.01. The zero-order valence-corrected chi connectivity index (χ0v) is 24.3. The molecule has 7 atom stereocenters. The van der Waals surface area contributed by atoms with Gasteiger partial charge in [0.25, 0.3) is 0 Å². The number of Topliss-reactive ketones (excluding diaryl/α,β-unsaturated/α-hetero) is 1. The van der Waals surface area contributed by atoms with Crippen LogP contribution in [0.25, 0.3) is 0 Å². The van der Waals surface area contributed by atoms with E-state index in [0.29, 0.717) is 16.7 Å². The summed E-state index contributed by atoms with van der Waals surface area (Å²) >= 11 is 0. The van der Waals surface area contributed by atoms with Crippen molar-refractivity contribution in [2.45, 2.75) is 110 Å². The lowest BCUT2D eigenvalue weighted by atomic mass is 9.72. The highest BCUT2D eigenvalue weighted by Gasteiger charge is 2.72. The summed E-state index contributed by atoms with van der Waals surface area (Å²) in [6, 6.07) is 0. The lowest BCUT2D eigenvalue weighted by molar-refractivity contribution is -0.167. The Labute approximate surface area is 230 Å². The van der Waals surface area contributed by atoms with Gasteiger partial charge >= 0.3 is 17.9 Å². The molecule has 0 N–H and O–H groups in total. The molecule has 3 fully saturated rings. The molecule has 2 saturated heterocycles. The van der Waals surface area contributed by atoms with E-state index in [1.165, 1.54) is 0 Å². The Morgan fingerprint density at radius 3 is 1.87 bits per heavy atom. The smallest absolute Gasteiger partial charge is 0.334 e. The van der Waals surface area contributed by atoms with E-state index in [-0.39, 0.29) is 18.1 Å². The molecule has 2 aliphatic heterocycles. The van der Waals surface area contributed by atoms with Crippen LogP contribution in [0, 0.1) is 5.92 Å². The molecule has 0 aromatic carbocycles. The molecule has 3 rings (SSSR count). The second-order valence-electron chi connectivity index (χ2n) is 11.1. The Morgan fingerprint density at radius 2 is 1.38 bits per heavy atom. The van der Waals surface area contributed by atoms with Crippen LogP contribution in [0.3, 0.4) is 0 Å². The summed E-state index contributed by atoms with van der Waals surface area (Å²) in [5.74, 6) is -3.37. The topological polar surface area (TPSA) is 121 Å². The molecule has 0 amide bonds. The van der Waals surface area contributed by atoms with Gasteiger partial charge in [0, 0.05) is 23.1 Å². The fourth-order valence-electron chi connectivity index (χ4n) is 4.63. The molecule has 39 heavy (non-hydrogen) atoms. The minimum atomic E-state index is -1.38. The van der Waals surface area contributed by atoms with Crippen molar-refractivity contribution in [3.63, 3.8) is 0 Å².